The van der Waals surface area contributed by atoms with E-state index in [1.165, 1.54) is 11.0 Å². The van der Waals surface area contributed by atoms with E-state index < -0.39 is 0 Å². The van der Waals surface area contributed by atoms with Crippen molar-refractivity contribution >= 4 is 17.7 Å². The molecular weight excluding hydrogens is 356 g/mol. The lowest BCUT2D eigenvalue weighted by atomic mass is 10.1. The Morgan fingerprint density at radius 2 is 1.89 bits per heavy atom. The Kier molecular flexibility index (Phi) is 4.96. The molecule has 2 aromatic rings. The van der Waals surface area contributed by atoms with Crippen molar-refractivity contribution in [3.05, 3.63) is 70.8 Å². The summed E-state index contributed by atoms with van der Waals surface area (Å²) in [5, 5.41) is 2.84. The van der Waals surface area contributed by atoms with Crippen molar-refractivity contribution in [3.63, 3.8) is 0 Å². The number of nitrogens with one attached hydrogen (secondary N) is 1. The van der Waals surface area contributed by atoms with Crippen molar-refractivity contribution in [2.24, 2.45) is 0 Å². The predicted octanol–water partition coefficient (Wildman–Crippen LogP) is 2.95. The molecule has 2 heterocycles. The lowest BCUT2D eigenvalue weighted by Crippen LogP contribution is -2.32. The SMILES string of the molecule is C[C@H](c1ccccc1)N1C(=O)c2ccc(C(=O)NC[C@H]3CCCO3)cc2C1=O. The second-order valence-electron chi connectivity index (χ2n) is 7.17. The van der Waals surface area contributed by atoms with E-state index in [0.29, 0.717) is 17.7 Å². The maximum Gasteiger partial charge on any atom is 0.262 e. The Labute approximate surface area is 163 Å². The molecule has 0 aliphatic carbocycles. The van der Waals surface area contributed by atoms with E-state index in [9.17, 15) is 14.4 Å². The van der Waals surface area contributed by atoms with Crippen molar-refractivity contribution in [1.29, 1.82) is 0 Å². The number of imide groups is 1. The first-order valence-corrected chi connectivity index (χ1v) is 9.53. The number of carbonyl (C=O) groups is 3. The summed E-state index contributed by atoms with van der Waals surface area (Å²) in [6.07, 6.45) is 1.98. The first-order chi connectivity index (χ1) is 13.6. The van der Waals surface area contributed by atoms with Crippen LogP contribution in [0, 0.1) is 0 Å². The molecule has 1 N–H and O–H groups in total. The van der Waals surface area contributed by atoms with Gasteiger partial charge in [0.25, 0.3) is 17.7 Å². The third-order valence-electron chi connectivity index (χ3n) is 5.36. The lowest BCUT2D eigenvalue weighted by Gasteiger charge is -2.22. The number of nitrogens with zero attached hydrogens (tertiary/aromatic N) is 1. The maximum atomic E-state index is 12.9. The molecule has 6 nitrogen and oxygen atoms in total. The average molecular weight is 378 g/mol. The van der Waals surface area contributed by atoms with E-state index in [4.69, 9.17) is 4.74 Å². The van der Waals surface area contributed by atoms with Gasteiger partial charge in [0.1, 0.15) is 0 Å². The highest BCUT2D eigenvalue weighted by molar-refractivity contribution is 6.22. The van der Waals surface area contributed by atoms with Gasteiger partial charge in [0, 0.05) is 18.7 Å². The number of ether oxygens (including phenoxy) is 1. The minimum absolute atomic E-state index is 0.0452. The summed E-state index contributed by atoms with van der Waals surface area (Å²) in [5.74, 6) is -0.971. The summed E-state index contributed by atoms with van der Waals surface area (Å²) in [4.78, 5) is 39.4. The van der Waals surface area contributed by atoms with Gasteiger partial charge < -0.3 is 10.1 Å². The summed E-state index contributed by atoms with van der Waals surface area (Å²) >= 11 is 0. The van der Waals surface area contributed by atoms with Crippen LogP contribution in [0.25, 0.3) is 0 Å². The van der Waals surface area contributed by atoms with Crippen LogP contribution in [0.4, 0.5) is 0 Å². The van der Waals surface area contributed by atoms with Crippen molar-refractivity contribution < 1.29 is 19.1 Å². The van der Waals surface area contributed by atoms with Crippen molar-refractivity contribution in [2.45, 2.75) is 31.9 Å². The summed E-state index contributed by atoms with van der Waals surface area (Å²) < 4.78 is 5.51. The highest BCUT2D eigenvalue weighted by Gasteiger charge is 2.39. The van der Waals surface area contributed by atoms with Gasteiger partial charge in [0.2, 0.25) is 0 Å². The quantitative estimate of drug-likeness (QED) is 0.812. The fourth-order valence-corrected chi connectivity index (χ4v) is 3.75. The van der Waals surface area contributed by atoms with Crippen molar-refractivity contribution in [2.75, 3.05) is 13.2 Å². The van der Waals surface area contributed by atoms with Crippen LogP contribution in [0.2, 0.25) is 0 Å². The fraction of sp³-hybridized carbons (Fsp3) is 0.318. The molecule has 1 fully saturated rings. The van der Waals surface area contributed by atoms with E-state index >= 15 is 0 Å². The lowest BCUT2D eigenvalue weighted by molar-refractivity contribution is 0.0595. The van der Waals surface area contributed by atoms with Crippen LogP contribution in [-0.2, 0) is 4.74 Å². The van der Waals surface area contributed by atoms with Crippen LogP contribution < -0.4 is 5.32 Å². The van der Waals surface area contributed by atoms with Gasteiger partial charge in [-0.25, -0.2) is 0 Å². The molecule has 6 heteroatoms. The molecule has 0 saturated carbocycles. The van der Waals surface area contributed by atoms with Gasteiger partial charge >= 0.3 is 0 Å². The summed E-state index contributed by atoms with van der Waals surface area (Å²) in [7, 11) is 0. The number of hydrogen-bond acceptors (Lipinski definition) is 4. The Hall–Kier alpha value is -2.99. The molecular formula is C22H22N2O4. The highest BCUT2D eigenvalue weighted by Crippen LogP contribution is 2.31. The Morgan fingerprint density at radius 1 is 1.14 bits per heavy atom. The molecule has 0 spiro atoms. The number of hydrogen-bond donors (Lipinski definition) is 1. The average Bonchev–Trinajstić information content (AvgIpc) is 3.33. The van der Waals surface area contributed by atoms with Crippen LogP contribution in [0.5, 0.6) is 0 Å². The van der Waals surface area contributed by atoms with Crippen LogP contribution in [0.3, 0.4) is 0 Å². The van der Waals surface area contributed by atoms with Crippen LogP contribution in [0.15, 0.2) is 48.5 Å². The first-order valence-electron chi connectivity index (χ1n) is 9.53. The Morgan fingerprint density at radius 3 is 2.61 bits per heavy atom. The second-order valence-corrected chi connectivity index (χ2v) is 7.17. The van der Waals surface area contributed by atoms with Gasteiger partial charge in [0.05, 0.1) is 23.3 Å². The number of carbonyl (C=O) groups excluding carboxylic acids is 3. The van der Waals surface area contributed by atoms with Gasteiger partial charge in [-0.1, -0.05) is 30.3 Å². The van der Waals surface area contributed by atoms with E-state index in [1.807, 2.05) is 37.3 Å². The van der Waals surface area contributed by atoms with E-state index in [-0.39, 0.29) is 35.4 Å². The molecule has 0 unspecified atom stereocenters. The zero-order chi connectivity index (χ0) is 19.7. The molecule has 3 amide bonds. The van der Waals surface area contributed by atoms with Gasteiger partial charge in [-0.15, -0.1) is 0 Å². The number of benzene rings is 2. The Balaban J connectivity index is 1.52. The monoisotopic (exact) mass is 378 g/mol. The predicted molar refractivity (Wildman–Crippen MR) is 103 cm³/mol. The topological polar surface area (TPSA) is 75.7 Å². The van der Waals surface area contributed by atoms with Gasteiger partial charge in [-0.3, -0.25) is 19.3 Å². The van der Waals surface area contributed by atoms with Crippen molar-refractivity contribution in [1.82, 2.24) is 10.2 Å². The maximum absolute atomic E-state index is 12.9. The minimum Gasteiger partial charge on any atom is -0.376 e. The normalized spacial score (nSPS) is 19.6. The van der Waals surface area contributed by atoms with Crippen LogP contribution in [0.1, 0.15) is 62.4 Å². The number of rotatable bonds is 5. The largest absolute Gasteiger partial charge is 0.376 e. The molecule has 144 valence electrons. The molecule has 2 aromatic carbocycles. The van der Waals surface area contributed by atoms with Crippen molar-refractivity contribution in [3.8, 4) is 0 Å². The third kappa shape index (κ3) is 3.31. The Bertz CT molecular complexity index is 919. The van der Waals surface area contributed by atoms with Crippen LogP contribution in [-0.4, -0.2) is 41.9 Å². The van der Waals surface area contributed by atoms with Crippen LogP contribution >= 0.6 is 0 Å². The zero-order valence-electron chi connectivity index (χ0n) is 15.7. The zero-order valence-corrected chi connectivity index (χ0v) is 15.7. The molecule has 28 heavy (non-hydrogen) atoms. The molecule has 0 aromatic heterocycles. The molecule has 2 aliphatic heterocycles. The van der Waals surface area contributed by atoms with E-state index in [0.717, 1.165) is 25.0 Å². The molecule has 0 radical (unpaired) electrons. The molecule has 2 aliphatic rings. The molecule has 0 bridgehead atoms. The fourth-order valence-electron chi connectivity index (χ4n) is 3.75. The van der Waals surface area contributed by atoms with Gasteiger partial charge in [-0.2, -0.15) is 0 Å². The standard InChI is InChI=1S/C22H22N2O4/c1-14(15-6-3-2-4-7-15)24-21(26)18-10-9-16(12-19(18)22(24)27)20(25)23-13-17-8-5-11-28-17/h2-4,6-7,9-10,12,14,17H,5,8,11,13H2,1H3,(H,23,25)/t14-,17-/m1/s1. The molecule has 4 rings (SSSR count). The number of amides is 3. The second kappa shape index (κ2) is 7.56. The van der Waals surface area contributed by atoms with E-state index in [1.54, 1.807) is 12.1 Å². The molecule has 1 saturated heterocycles. The molecule has 2 atom stereocenters. The minimum atomic E-state index is -0.384. The first kappa shape index (κ1) is 18.4. The van der Waals surface area contributed by atoms with Gasteiger partial charge in [-0.05, 0) is 43.5 Å². The van der Waals surface area contributed by atoms with Gasteiger partial charge in [0.15, 0.2) is 0 Å². The summed E-state index contributed by atoms with van der Waals surface area (Å²) in [6.45, 7) is 3.00. The number of fused-ring (bicyclic) bond motifs is 1. The summed E-state index contributed by atoms with van der Waals surface area (Å²) in [6, 6.07) is 13.7. The summed E-state index contributed by atoms with van der Waals surface area (Å²) in [5.41, 5.74) is 1.86. The smallest absolute Gasteiger partial charge is 0.262 e. The third-order valence-corrected chi connectivity index (χ3v) is 5.36. The highest BCUT2D eigenvalue weighted by atomic mass is 16.5. The van der Waals surface area contributed by atoms with E-state index in [2.05, 4.69) is 5.32 Å².